The van der Waals surface area contributed by atoms with E-state index in [-0.39, 0.29) is 0 Å². The van der Waals surface area contributed by atoms with Crippen LogP contribution in [0.1, 0.15) is 22.6 Å². The Morgan fingerprint density at radius 2 is 1.79 bits per heavy atom. The van der Waals surface area contributed by atoms with Crippen LogP contribution in [0, 0.1) is 20.8 Å². The predicted octanol–water partition coefficient (Wildman–Crippen LogP) is 1.77. The van der Waals surface area contributed by atoms with E-state index in [4.69, 9.17) is 5.84 Å². The van der Waals surface area contributed by atoms with Gasteiger partial charge in [0.1, 0.15) is 0 Å². The van der Waals surface area contributed by atoms with E-state index in [0.717, 1.165) is 27.8 Å². The lowest BCUT2D eigenvalue weighted by atomic mass is 10.2. The maximum atomic E-state index is 5.23. The summed E-state index contributed by atoms with van der Waals surface area (Å²) in [6.45, 7) is 6.02. The van der Waals surface area contributed by atoms with Crippen molar-refractivity contribution in [3.63, 3.8) is 0 Å². The third kappa shape index (κ3) is 3.39. The second-order valence-corrected chi connectivity index (χ2v) is 5.07. The van der Waals surface area contributed by atoms with Crippen molar-refractivity contribution in [2.45, 2.75) is 31.7 Å². The lowest BCUT2D eigenvalue weighted by Gasteiger charge is -2.06. The summed E-state index contributed by atoms with van der Waals surface area (Å²) in [5.41, 5.74) is 6.48. The van der Waals surface area contributed by atoms with Crippen molar-refractivity contribution in [1.82, 2.24) is 19.9 Å². The Morgan fingerprint density at radius 1 is 1.11 bits per heavy atom. The minimum atomic E-state index is 0.548. The fourth-order valence-corrected chi connectivity index (χ4v) is 2.28. The molecule has 0 spiro atoms. The fourth-order valence-electron chi connectivity index (χ4n) is 1.45. The maximum absolute atomic E-state index is 5.23. The van der Waals surface area contributed by atoms with Crippen molar-refractivity contribution in [2.24, 2.45) is 5.84 Å². The third-order valence-electron chi connectivity index (χ3n) is 2.81. The van der Waals surface area contributed by atoms with Gasteiger partial charge >= 0.3 is 0 Å². The smallest absolute Gasteiger partial charge is 0.188 e. The van der Waals surface area contributed by atoms with Crippen LogP contribution in [0.3, 0.4) is 0 Å². The molecule has 0 saturated heterocycles. The van der Waals surface area contributed by atoms with Gasteiger partial charge < -0.3 is 5.43 Å². The van der Waals surface area contributed by atoms with Crippen LogP contribution in [-0.4, -0.2) is 19.9 Å². The first-order chi connectivity index (χ1) is 9.10. The zero-order chi connectivity index (χ0) is 13.8. The molecule has 0 aliphatic carbocycles. The first-order valence-electron chi connectivity index (χ1n) is 5.82. The van der Waals surface area contributed by atoms with E-state index in [0.29, 0.717) is 11.6 Å². The third-order valence-corrected chi connectivity index (χ3v) is 3.70. The molecule has 0 aromatic carbocycles. The first kappa shape index (κ1) is 13.7. The van der Waals surface area contributed by atoms with Crippen molar-refractivity contribution in [3.05, 3.63) is 35.0 Å². The second-order valence-electron chi connectivity index (χ2n) is 4.13. The van der Waals surface area contributed by atoms with Gasteiger partial charge in [0.15, 0.2) is 11.0 Å². The van der Waals surface area contributed by atoms with Crippen LogP contribution in [0.5, 0.6) is 0 Å². The SMILES string of the molecule is Cc1nc(SCc2cnc(NN)cn2)nc(C)c1C. The molecule has 19 heavy (non-hydrogen) atoms. The number of nitrogens with two attached hydrogens (primary N) is 1. The molecule has 7 heteroatoms. The van der Waals surface area contributed by atoms with Crippen molar-refractivity contribution in [3.8, 4) is 0 Å². The molecule has 0 bridgehead atoms. The largest absolute Gasteiger partial charge is 0.307 e. The molecule has 2 rings (SSSR count). The van der Waals surface area contributed by atoms with E-state index in [1.807, 2.05) is 20.8 Å². The Bertz CT molecular complexity index is 546. The van der Waals surface area contributed by atoms with Gasteiger partial charge in [-0.2, -0.15) is 0 Å². The van der Waals surface area contributed by atoms with Crippen molar-refractivity contribution >= 4 is 17.6 Å². The number of hydrogen-bond donors (Lipinski definition) is 2. The molecule has 2 aromatic rings. The highest BCUT2D eigenvalue weighted by Crippen LogP contribution is 2.20. The summed E-state index contributed by atoms with van der Waals surface area (Å²) in [6.07, 6.45) is 3.29. The number of hydrogen-bond acceptors (Lipinski definition) is 7. The van der Waals surface area contributed by atoms with Gasteiger partial charge in [0, 0.05) is 17.1 Å². The Morgan fingerprint density at radius 3 is 2.32 bits per heavy atom. The first-order valence-corrected chi connectivity index (χ1v) is 6.81. The average Bonchev–Trinajstić information content (AvgIpc) is 2.43. The molecular formula is C12H16N6S. The molecule has 0 amide bonds. The number of nitrogens with zero attached hydrogens (tertiary/aromatic N) is 4. The monoisotopic (exact) mass is 276 g/mol. The highest BCUT2D eigenvalue weighted by Gasteiger charge is 2.06. The number of aromatic nitrogens is 4. The van der Waals surface area contributed by atoms with E-state index in [9.17, 15) is 0 Å². The number of aryl methyl sites for hydroxylation is 2. The predicted molar refractivity (Wildman–Crippen MR) is 75.6 cm³/mol. The second kappa shape index (κ2) is 5.94. The van der Waals surface area contributed by atoms with E-state index in [2.05, 4.69) is 25.4 Å². The van der Waals surface area contributed by atoms with E-state index >= 15 is 0 Å². The normalized spacial score (nSPS) is 10.5. The number of thioether (sulfide) groups is 1. The lowest BCUT2D eigenvalue weighted by Crippen LogP contribution is -2.09. The fraction of sp³-hybridized carbons (Fsp3) is 0.333. The number of rotatable bonds is 4. The summed E-state index contributed by atoms with van der Waals surface area (Å²) in [6, 6.07) is 0. The zero-order valence-electron chi connectivity index (χ0n) is 11.1. The van der Waals surface area contributed by atoms with Crippen molar-refractivity contribution < 1.29 is 0 Å². The van der Waals surface area contributed by atoms with Crippen LogP contribution < -0.4 is 11.3 Å². The van der Waals surface area contributed by atoms with Gasteiger partial charge in [-0.25, -0.2) is 20.8 Å². The molecule has 0 fully saturated rings. The molecule has 0 atom stereocenters. The molecule has 0 radical (unpaired) electrons. The standard InChI is InChI=1S/C12H16N6S/c1-7-8(2)16-12(17-9(7)3)19-6-10-4-15-11(18-13)5-14-10/h4-5H,6,13H2,1-3H3,(H,15,18). The Kier molecular flexibility index (Phi) is 4.28. The van der Waals surface area contributed by atoms with Crippen LogP contribution in [0.2, 0.25) is 0 Å². The molecular weight excluding hydrogens is 260 g/mol. The summed E-state index contributed by atoms with van der Waals surface area (Å²) < 4.78 is 0. The highest BCUT2D eigenvalue weighted by atomic mass is 32.2. The van der Waals surface area contributed by atoms with E-state index in [1.54, 1.807) is 24.2 Å². The summed E-state index contributed by atoms with van der Waals surface area (Å²) >= 11 is 1.55. The van der Waals surface area contributed by atoms with Crippen LogP contribution >= 0.6 is 11.8 Å². The molecule has 6 nitrogen and oxygen atoms in total. The van der Waals surface area contributed by atoms with Gasteiger partial charge in [0.05, 0.1) is 18.1 Å². The van der Waals surface area contributed by atoms with Crippen LogP contribution in [0.4, 0.5) is 5.82 Å². The van der Waals surface area contributed by atoms with Crippen LogP contribution in [0.25, 0.3) is 0 Å². The van der Waals surface area contributed by atoms with Gasteiger partial charge in [-0.15, -0.1) is 0 Å². The average molecular weight is 276 g/mol. The Balaban J connectivity index is 2.05. The summed E-state index contributed by atoms with van der Waals surface area (Å²) in [7, 11) is 0. The molecule has 2 aromatic heterocycles. The highest BCUT2D eigenvalue weighted by molar-refractivity contribution is 7.98. The van der Waals surface area contributed by atoms with Gasteiger partial charge in [-0.1, -0.05) is 11.8 Å². The summed E-state index contributed by atoms with van der Waals surface area (Å²) in [4.78, 5) is 17.3. The van der Waals surface area contributed by atoms with Crippen molar-refractivity contribution in [2.75, 3.05) is 5.43 Å². The minimum Gasteiger partial charge on any atom is -0.307 e. The van der Waals surface area contributed by atoms with Gasteiger partial charge in [-0.05, 0) is 26.3 Å². The Labute approximate surface area is 116 Å². The number of nitrogens with one attached hydrogen (secondary N) is 1. The topological polar surface area (TPSA) is 89.6 Å². The van der Waals surface area contributed by atoms with Gasteiger partial charge in [-0.3, -0.25) is 4.98 Å². The number of hydrazine groups is 1. The van der Waals surface area contributed by atoms with Crippen molar-refractivity contribution in [1.29, 1.82) is 0 Å². The molecule has 0 unspecified atom stereocenters. The molecule has 100 valence electrons. The minimum absolute atomic E-state index is 0.548. The zero-order valence-corrected chi connectivity index (χ0v) is 12.0. The summed E-state index contributed by atoms with van der Waals surface area (Å²) in [5, 5.41) is 0.767. The van der Waals surface area contributed by atoms with Crippen LogP contribution in [-0.2, 0) is 5.75 Å². The molecule has 0 aliphatic rings. The quantitative estimate of drug-likeness (QED) is 0.380. The molecule has 0 saturated carbocycles. The summed E-state index contributed by atoms with van der Waals surface area (Å²) in [5.74, 6) is 6.46. The lowest BCUT2D eigenvalue weighted by molar-refractivity contribution is 0.879. The van der Waals surface area contributed by atoms with E-state index < -0.39 is 0 Å². The van der Waals surface area contributed by atoms with Crippen LogP contribution in [0.15, 0.2) is 17.6 Å². The molecule has 0 aliphatic heterocycles. The molecule has 3 N–H and O–H groups in total. The maximum Gasteiger partial charge on any atom is 0.188 e. The number of anilines is 1. The molecule has 2 heterocycles. The Hall–Kier alpha value is -1.73. The number of nitrogen functional groups attached to an aromatic ring is 1. The van der Waals surface area contributed by atoms with Gasteiger partial charge in [0.2, 0.25) is 0 Å². The van der Waals surface area contributed by atoms with E-state index in [1.165, 1.54) is 0 Å². The van der Waals surface area contributed by atoms with Gasteiger partial charge in [0.25, 0.3) is 0 Å².